The molecule has 0 aromatic carbocycles. The SMILES string of the molecule is CCCCCC[C@H](C/C=C/[C@H]1CCC(=O)[C@@H]1C/C=C\CCC(O)(O)C(=O)OC)C1CC1. The highest BCUT2D eigenvalue weighted by Crippen LogP contribution is 2.41. The average Bonchev–Trinajstić information content (AvgIpc) is 3.53. The van der Waals surface area contributed by atoms with E-state index < -0.39 is 11.8 Å². The number of ketones is 1. The van der Waals surface area contributed by atoms with E-state index in [2.05, 4.69) is 23.8 Å². The first-order chi connectivity index (χ1) is 14.9. The van der Waals surface area contributed by atoms with Crippen molar-refractivity contribution in [3.8, 4) is 0 Å². The molecular formula is C26H42O5. The first kappa shape index (κ1) is 25.8. The summed E-state index contributed by atoms with van der Waals surface area (Å²) in [4.78, 5) is 23.6. The van der Waals surface area contributed by atoms with Crippen LogP contribution in [0.1, 0.15) is 90.4 Å². The van der Waals surface area contributed by atoms with E-state index in [1.54, 1.807) is 0 Å². The first-order valence-corrected chi connectivity index (χ1v) is 12.3. The molecule has 5 heteroatoms. The van der Waals surface area contributed by atoms with Crippen molar-refractivity contribution < 1.29 is 24.5 Å². The van der Waals surface area contributed by atoms with Gasteiger partial charge >= 0.3 is 5.97 Å². The third kappa shape index (κ3) is 8.89. The van der Waals surface area contributed by atoms with Crippen molar-refractivity contribution in [1.29, 1.82) is 0 Å². The number of unbranched alkanes of at least 4 members (excludes halogenated alkanes) is 3. The Morgan fingerprint density at radius 3 is 2.61 bits per heavy atom. The normalized spacial score (nSPS) is 23.2. The van der Waals surface area contributed by atoms with Crippen LogP contribution in [0.3, 0.4) is 0 Å². The lowest BCUT2D eigenvalue weighted by Gasteiger charge is -2.17. The van der Waals surface area contributed by atoms with E-state index >= 15 is 0 Å². The maximum Gasteiger partial charge on any atom is 0.366 e. The van der Waals surface area contributed by atoms with Crippen LogP contribution in [-0.4, -0.2) is 34.9 Å². The minimum absolute atomic E-state index is 0.0186. The van der Waals surface area contributed by atoms with E-state index in [-0.39, 0.29) is 12.3 Å². The molecule has 2 N–H and O–H groups in total. The molecule has 2 aliphatic rings. The number of ether oxygens (including phenoxy) is 1. The number of carbonyl (C=O) groups is 2. The Balaban J connectivity index is 1.76. The van der Waals surface area contributed by atoms with Crippen LogP contribution in [0.4, 0.5) is 0 Å². The van der Waals surface area contributed by atoms with Gasteiger partial charge in [-0.3, -0.25) is 4.79 Å². The van der Waals surface area contributed by atoms with Gasteiger partial charge in [-0.1, -0.05) is 56.9 Å². The summed E-state index contributed by atoms with van der Waals surface area (Å²) < 4.78 is 4.37. The molecule has 0 radical (unpaired) electrons. The van der Waals surface area contributed by atoms with Crippen LogP contribution < -0.4 is 0 Å². The molecule has 2 saturated carbocycles. The molecule has 0 aromatic rings. The molecule has 176 valence electrons. The summed E-state index contributed by atoms with van der Waals surface area (Å²) in [6.07, 6.45) is 21.4. The fourth-order valence-corrected chi connectivity index (χ4v) is 4.76. The Kier molecular flexibility index (Phi) is 11.0. The van der Waals surface area contributed by atoms with E-state index in [0.717, 1.165) is 31.8 Å². The van der Waals surface area contributed by atoms with Crippen molar-refractivity contribution >= 4 is 11.8 Å². The van der Waals surface area contributed by atoms with Crippen LogP contribution in [0.2, 0.25) is 0 Å². The number of allylic oxidation sites excluding steroid dienone is 4. The van der Waals surface area contributed by atoms with Gasteiger partial charge in [-0.05, 0) is 62.7 Å². The molecule has 0 aliphatic heterocycles. The number of esters is 1. The zero-order valence-corrected chi connectivity index (χ0v) is 19.4. The predicted octanol–water partition coefficient (Wildman–Crippen LogP) is 5.11. The predicted molar refractivity (Wildman–Crippen MR) is 122 cm³/mol. The van der Waals surface area contributed by atoms with Crippen molar-refractivity contribution in [2.75, 3.05) is 7.11 Å². The fourth-order valence-electron chi connectivity index (χ4n) is 4.76. The van der Waals surface area contributed by atoms with E-state index in [1.807, 2.05) is 12.2 Å². The van der Waals surface area contributed by atoms with Crippen LogP contribution in [0.15, 0.2) is 24.3 Å². The molecule has 3 atom stereocenters. The lowest BCUT2D eigenvalue weighted by molar-refractivity contribution is -0.208. The van der Waals surface area contributed by atoms with Crippen LogP contribution in [-0.2, 0) is 14.3 Å². The van der Waals surface area contributed by atoms with Gasteiger partial charge in [0.15, 0.2) is 0 Å². The molecule has 2 aliphatic carbocycles. The van der Waals surface area contributed by atoms with Gasteiger partial charge in [0.25, 0.3) is 5.79 Å². The van der Waals surface area contributed by atoms with Crippen molar-refractivity contribution in [3.05, 3.63) is 24.3 Å². The zero-order valence-electron chi connectivity index (χ0n) is 19.4. The van der Waals surface area contributed by atoms with E-state index in [0.29, 0.717) is 31.0 Å². The maximum atomic E-state index is 12.3. The molecule has 0 saturated heterocycles. The summed E-state index contributed by atoms with van der Waals surface area (Å²) in [5.74, 6) is -1.12. The zero-order chi connectivity index (χ0) is 22.7. The Hall–Kier alpha value is -1.46. The lowest BCUT2D eigenvalue weighted by atomic mass is 9.89. The van der Waals surface area contributed by atoms with Gasteiger partial charge in [0.05, 0.1) is 7.11 Å². The molecule has 0 bridgehead atoms. The highest BCUT2D eigenvalue weighted by atomic mass is 16.6. The minimum Gasteiger partial charge on any atom is -0.465 e. The van der Waals surface area contributed by atoms with Gasteiger partial charge < -0.3 is 14.9 Å². The van der Waals surface area contributed by atoms with Gasteiger partial charge in [-0.2, -0.15) is 0 Å². The Morgan fingerprint density at radius 1 is 1.16 bits per heavy atom. The lowest BCUT2D eigenvalue weighted by Crippen LogP contribution is -2.39. The standard InChI is InChI=1S/C26H42O5/c1-3-4-5-7-11-20(21-15-16-21)12-10-13-22-17-18-24(27)23(22)14-8-6-9-19-26(29,30)25(28)31-2/h6,8,10,13,20-23,29-30H,3-5,7,9,11-12,14-19H2,1-2H3/b8-6-,13-10+/t20-,22+,23-/m1/s1. The summed E-state index contributed by atoms with van der Waals surface area (Å²) in [5.41, 5.74) is 0. The number of methoxy groups -OCH3 is 1. The second kappa shape index (κ2) is 13.2. The Bertz CT molecular complexity index is 617. The summed E-state index contributed by atoms with van der Waals surface area (Å²) in [7, 11) is 1.12. The van der Waals surface area contributed by atoms with E-state index in [1.165, 1.54) is 44.9 Å². The summed E-state index contributed by atoms with van der Waals surface area (Å²) >= 11 is 0. The highest BCUT2D eigenvalue weighted by molar-refractivity contribution is 5.83. The number of Topliss-reactive ketones (excluding diaryl/α,β-unsaturated/α-hetero) is 1. The molecule has 2 rings (SSSR count). The van der Waals surface area contributed by atoms with E-state index in [9.17, 15) is 19.8 Å². The van der Waals surface area contributed by atoms with Crippen molar-refractivity contribution in [2.45, 2.75) is 96.2 Å². The first-order valence-electron chi connectivity index (χ1n) is 12.3. The fraction of sp³-hybridized carbons (Fsp3) is 0.769. The van der Waals surface area contributed by atoms with Gasteiger partial charge in [-0.15, -0.1) is 0 Å². The molecule has 31 heavy (non-hydrogen) atoms. The number of aliphatic hydroxyl groups is 2. The van der Waals surface area contributed by atoms with Crippen LogP contribution >= 0.6 is 0 Å². The molecule has 0 heterocycles. The summed E-state index contributed by atoms with van der Waals surface area (Å²) in [6.45, 7) is 2.25. The third-order valence-electron chi connectivity index (χ3n) is 6.92. The largest absolute Gasteiger partial charge is 0.465 e. The number of hydrogen-bond donors (Lipinski definition) is 2. The number of hydrogen-bond acceptors (Lipinski definition) is 5. The molecule has 0 aromatic heterocycles. The van der Waals surface area contributed by atoms with Gasteiger partial charge in [0.1, 0.15) is 5.78 Å². The van der Waals surface area contributed by atoms with Crippen molar-refractivity contribution in [2.24, 2.45) is 23.7 Å². The topological polar surface area (TPSA) is 83.8 Å². The Morgan fingerprint density at radius 2 is 1.94 bits per heavy atom. The monoisotopic (exact) mass is 434 g/mol. The molecule has 5 nitrogen and oxygen atoms in total. The summed E-state index contributed by atoms with van der Waals surface area (Å²) in [6, 6.07) is 0. The third-order valence-corrected chi connectivity index (χ3v) is 6.92. The van der Waals surface area contributed by atoms with Gasteiger partial charge in [0.2, 0.25) is 0 Å². The van der Waals surface area contributed by atoms with Crippen LogP contribution in [0.5, 0.6) is 0 Å². The number of carbonyl (C=O) groups excluding carboxylic acids is 2. The number of rotatable bonds is 15. The molecule has 0 unspecified atom stereocenters. The highest BCUT2D eigenvalue weighted by Gasteiger charge is 2.34. The molecule has 0 spiro atoms. The second-order valence-electron chi connectivity index (χ2n) is 9.44. The van der Waals surface area contributed by atoms with Gasteiger partial charge in [0, 0.05) is 18.8 Å². The maximum absolute atomic E-state index is 12.3. The van der Waals surface area contributed by atoms with E-state index in [4.69, 9.17) is 0 Å². The van der Waals surface area contributed by atoms with Crippen molar-refractivity contribution in [3.63, 3.8) is 0 Å². The smallest absolute Gasteiger partial charge is 0.366 e. The minimum atomic E-state index is -2.46. The molecular weight excluding hydrogens is 392 g/mol. The Labute approximate surface area is 187 Å². The van der Waals surface area contributed by atoms with Gasteiger partial charge in [-0.25, -0.2) is 4.79 Å². The van der Waals surface area contributed by atoms with Crippen LogP contribution in [0, 0.1) is 23.7 Å². The molecule has 2 fully saturated rings. The van der Waals surface area contributed by atoms with Crippen LogP contribution in [0.25, 0.3) is 0 Å². The average molecular weight is 435 g/mol. The quantitative estimate of drug-likeness (QED) is 0.162. The second-order valence-corrected chi connectivity index (χ2v) is 9.44. The summed E-state index contributed by atoms with van der Waals surface area (Å²) in [5, 5.41) is 19.3. The van der Waals surface area contributed by atoms with Crippen molar-refractivity contribution in [1.82, 2.24) is 0 Å². The molecule has 0 amide bonds.